The number of benzene rings is 2. The molecule has 8 rings (SSSR count). The third-order valence-electron chi connectivity index (χ3n) is 22.6. The van der Waals surface area contributed by atoms with Gasteiger partial charge in [-0.3, -0.25) is 57.5 Å². The van der Waals surface area contributed by atoms with E-state index in [0.717, 1.165) is 57.2 Å². The number of aryl methyl sites for hydroxylation is 1. The van der Waals surface area contributed by atoms with Crippen LogP contribution in [0, 0.1) is 17.8 Å². The number of alkyl halides is 6. The largest absolute Gasteiger partial charge is 0.417 e. The summed E-state index contributed by atoms with van der Waals surface area (Å²) in [5.74, 6) is -9.99. The Labute approximate surface area is 615 Å². The van der Waals surface area contributed by atoms with Crippen molar-refractivity contribution in [1.29, 1.82) is 0 Å². The van der Waals surface area contributed by atoms with Crippen molar-refractivity contribution in [3.63, 3.8) is 0 Å². The fraction of sp³-hybridized carbons (Fsp3) is 0.676. The van der Waals surface area contributed by atoms with Crippen molar-refractivity contribution in [2.75, 3.05) is 75.0 Å². The van der Waals surface area contributed by atoms with Crippen LogP contribution in [0.2, 0.25) is 5.02 Å². The summed E-state index contributed by atoms with van der Waals surface area (Å²) >= 11 is 6.14. The number of amides is 12. The van der Waals surface area contributed by atoms with Crippen LogP contribution < -0.4 is 16.0 Å². The molecule has 4 saturated heterocycles. The Balaban J connectivity index is 1.19. The SMILES string of the molecule is CC[C@H](C)[C@@H]1NC(=O)[C@H](CC(C)C)N(C)C(=O)C[C@H](C(=O)N2CCCC2)N(C)C(=O)[C@H](C2CCCC2)N(C)C(=O)C2(CCCC2)NC(=O)[C@@H]2CCCN2C(=O)[C@H](CCc2ccc(C(F)(F)F)c(Cl)c2)NC(=O)CN(C)C(=O)[C@H](Cc2ccc(C(F)(F)F)cc2)N(C)C(=O)[C@@H]2CCN2C(=O)[C@H](C)N(C)C1=O. The molecule has 6 aliphatic rings. The summed E-state index contributed by atoms with van der Waals surface area (Å²) in [6.07, 6.45) is -5.21. The van der Waals surface area contributed by atoms with Gasteiger partial charge in [0.1, 0.15) is 59.9 Å². The van der Waals surface area contributed by atoms with E-state index >= 15 is 24.0 Å². The van der Waals surface area contributed by atoms with Crippen molar-refractivity contribution < 1.29 is 83.9 Å². The van der Waals surface area contributed by atoms with E-state index in [0.29, 0.717) is 70.9 Å². The lowest BCUT2D eigenvalue weighted by molar-refractivity contribution is -0.160. The van der Waals surface area contributed by atoms with Gasteiger partial charge in [0.25, 0.3) is 0 Å². The first-order valence-corrected chi connectivity index (χ1v) is 37.1. The van der Waals surface area contributed by atoms with E-state index in [-0.39, 0.29) is 81.5 Å². The fourth-order valence-electron chi connectivity index (χ4n) is 15.7. The van der Waals surface area contributed by atoms with Crippen LogP contribution in [0.25, 0.3) is 0 Å². The minimum Gasteiger partial charge on any atom is -0.343 e. The summed E-state index contributed by atoms with van der Waals surface area (Å²) in [6.45, 7) is 8.47. The lowest BCUT2D eigenvalue weighted by atomic mass is 9.90. The second kappa shape index (κ2) is 34.7. The van der Waals surface area contributed by atoms with Gasteiger partial charge < -0.3 is 60.0 Å². The molecule has 0 bridgehead atoms. The van der Waals surface area contributed by atoms with Crippen molar-refractivity contribution >= 4 is 82.5 Å². The van der Waals surface area contributed by atoms with Gasteiger partial charge in [0.15, 0.2) is 0 Å². The molecule has 2 aromatic rings. The summed E-state index contributed by atoms with van der Waals surface area (Å²) in [7, 11) is 8.12. The summed E-state index contributed by atoms with van der Waals surface area (Å²) < 4.78 is 83.3. The number of likely N-dealkylation sites (N-methyl/N-ethyl adjacent to an activating group) is 6. The molecule has 6 fully saturated rings. The van der Waals surface area contributed by atoms with Crippen LogP contribution in [0.3, 0.4) is 0 Å². The number of carbonyl (C=O) groups is 12. The smallest absolute Gasteiger partial charge is 0.343 e. The third-order valence-corrected chi connectivity index (χ3v) is 22.9. The van der Waals surface area contributed by atoms with Gasteiger partial charge in [-0.15, -0.1) is 0 Å². The van der Waals surface area contributed by atoms with Crippen LogP contribution in [0.4, 0.5) is 26.3 Å². The lowest BCUT2D eigenvalue weighted by Crippen LogP contribution is -2.65. The Kier molecular flexibility index (Phi) is 27.3. The Morgan fingerprint density at radius 3 is 1.80 bits per heavy atom. The summed E-state index contributed by atoms with van der Waals surface area (Å²) in [5, 5.41) is 7.94. The van der Waals surface area contributed by atoms with Gasteiger partial charge >= 0.3 is 12.4 Å². The van der Waals surface area contributed by atoms with Gasteiger partial charge in [0.05, 0.1) is 29.1 Å². The first-order chi connectivity index (χ1) is 49.3. The van der Waals surface area contributed by atoms with Gasteiger partial charge in [0.2, 0.25) is 70.9 Å². The highest BCUT2D eigenvalue weighted by Crippen LogP contribution is 2.39. The molecule has 10 atom stereocenters. The normalized spacial score (nSPS) is 26.9. The Morgan fingerprint density at radius 1 is 0.610 bits per heavy atom. The first kappa shape index (κ1) is 82.6. The highest BCUT2D eigenvalue weighted by molar-refractivity contribution is 6.31. The van der Waals surface area contributed by atoms with Crippen molar-refractivity contribution in [2.45, 2.75) is 229 Å². The van der Waals surface area contributed by atoms with Crippen molar-refractivity contribution in [3.8, 4) is 0 Å². The molecule has 24 nitrogen and oxygen atoms in total. The maximum Gasteiger partial charge on any atom is 0.417 e. The number of fused-ring (bicyclic) bond motifs is 2. The molecule has 4 heterocycles. The molecule has 31 heteroatoms. The number of nitrogens with one attached hydrogen (secondary N) is 3. The van der Waals surface area contributed by atoms with E-state index in [4.69, 9.17) is 11.6 Å². The predicted molar refractivity (Wildman–Crippen MR) is 375 cm³/mol. The monoisotopic (exact) mass is 1500 g/mol. The van der Waals surface area contributed by atoms with Crippen LogP contribution in [-0.4, -0.2) is 250 Å². The van der Waals surface area contributed by atoms with Crippen molar-refractivity contribution in [3.05, 3.63) is 69.7 Å². The molecule has 2 aromatic carbocycles. The topological polar surface area (TPSA) is 270 Å². The fourth-order valence-corrected chi connectivity index (χ4v) is 16.0. The quantitative estimate of drug-likeness (QED) is 0.205. The predicted octanol–water partition coefficient (Wildman–Crippen LogP) is 6.47. The van der Waals surface area contributed by atoms with Crippen LogP contribution in [-0.2, 0) is 82.7 Å². The highest BCUT2D eigenvalue weighted by Gasteiger charge is 2.52. The third kappa shape index (κ3) is 19.0. The number of nitrogens with zero attached hydrogens (tertiary/aromatic N) is 9. The Hall–Kier alpha value is -8.05. The number of hydrogen-bond acceptors (Lipinski definition) is 12. The van der Waals surface area contributed by atoms with Crippen molar-refractivity contribution in [1.82, 2.24) is 60.0 Å². The molecular weight excluding hydrogens is 1400 g/mol. The average molecular weight is 1500 g/mol. The van der Waals surface area contributed by atoms with E-state index in [1.807, 2.05) is 13.8 Å². The van der Waals surface area contributed by atoms with Crippen molar-refractivity contribution in [2.24, 2.45) is 17.8 Å². The van der Waals surface area contributed by atoms with E-state index in [9.17, 15) is 59.9 Å². The standard InChI is InChI=1S/C74H103ClF6N12O12/c1-12-44(4)60-69(103)86(7)45(5)64(98)93-37-31-54(93)67(101)88(9)56(40-47-23-27-49(28-24-47)73(76,77)78)66(100)85(6)42-58(94)82-52(30-26-46-25-29-50(51(75)39-46)74(79,80)81)65(99)92-36-19-22-53(92)63(97)84-72(32-15-16-33-72)71(105)90(11)61(48-20-13-14-21-48)70(104)89(10)57(68(102)91-34-17-18-35-91)41-59(95)87(8)55(38-43(2)3)62(96)83-60/h23-25,27-29,39,43-45,48,52-57,60-61H,12-22,26,30-38,40-42H2,1-11H3,(H,82,94)(H,83,96)(H,84,97)/t44-,45-,52-,53-,54-,55-,56-,57+,60-,61-/m0/s1. The average Bonchev–Trinajstić information content (AvgIpc) is 1.77. The molecule has 3 N–H and O–H groups in total. The first-order valence-electron chi connectivity index (χ1n) is 36.7. The zero-order chi connectivity index (χ0) is 77.5. The maximum absolute atomic E-state index is 15.7. The Bertz CT molecular complexity index is 3550. The molecule has 12 amide bonds. The van der Waals surface area contributed by atoms with Crippen LogP contribution in [0.1, 0.15) is 166 Å². The maximum atomic E-state index is 15.7. The molecule has 0 radical (unpaired) electrons. The number of rotatable bonds is 11. The summed E-state index contributed by atoms with van der Waals surface area (Å²) in [5.41, 5.74) is -3.37. The molecule has 105 heavy (non-hydrogen) atoms. The number of halogens is 7. The number of hydrogen-bond donors (Lipinski definition) is 3. The van der Waals surface area contributed by atoms with E-state index in [1.165, 1.54) is 73.7 Å². The summed E-state index contributed by atoms with van der Waals surface area (Å²) in [4.78, 5) is 192. The van der Waals surface area contributed by atoms with Gasteiger partial charge in [-0.2, -0.15) is 26.3 Å². The van der Waals surface area contributed by atoms with E-state index in [2.05, 4.69) is 16.0 Å². The van der Waals surface area contributed by atoms with Gasteiger partial charge in [-0.25, -0.2) is 0 Å². The minimum absolute atomic E-state index is 0.0114. The summed E-state index contributed by atoms with van der Waals surface area (Å²) in [6, 6.07) is -5.25. The van der Waals surface area contributed by atoms with Crippen LogP contribution >= 0.6 is 11.6 Å². The Morgan fingerprint density at radius 2 is 1.23 bits per heavy atom. The van der Waals surface area contributed by atoms with Crippen LogP contribution in [0.15, 0.2) is 42.5 Å². The van der Waals surface area contributed by atoms with Gasteiger partial charge in [-0.1, -0.05) is 89.6 Å². The van der Waals surface area contributed by atoms with Gasteiger partial charge in [0, 0.05) is 74.9 Å². The molecule has 0 unspecified atom stereocenters. The molecule has 1 spiro atoms. The van der Waals surface area contributed by atoms with E-state index in [1.54, 1.807) is 18.7 Å². The van der Waals surface area contributed by atoms with Crippen LogP contribution in [0.5, 0.6) is 0 Å². The molecule has 580 valence electrons. The van der Waals surface area contributed by atoms with E-state index < -0.39 is 191 Å². The second-order valence-electron chi connectivity index (χ2n) is 30.1. The number of likely N-dealkylation sites (tertiary alicyclic amines) is 1. The minimum atomic E-state index is -4.81. The zero-order valence-corrected chi connectivity index (χ0v) is 62.8. The second-order valence-corrected chi connectivity index (χ2v) is 30.5. The molecule has 0 aromatic heterocycles. The molecule has 4 aliphatic heterocycles. The molecule has 2 aliphatic carbocycles. The van der Waals surface area contributed by atoms with Gasteiger partial charge in [-0.05, 0) is 137 Å². The lowest BCUT2D eigenvalue weighted by Gasteiger charge is -2.45. The number of carbonyl (C=O) groups excluding carboxylic acids is 12. The molecular formula is C74H103ClF6N12O12. The molecule has 2 saturated carbocycles. The zero-order valence-electron chi connectivity index (χ0n) is 62.0. The highest BCUT2D eigenvalue weighted by atomic mass is 35.5.